The zero-order valence-electron chi connectivity index (χ0n) is 17.4. The van der Waals surface area contributed by atoms with E-state index in [1.165, 1.54) is 4.90 Å². The summed E-state index contributed by atoms with van der Waals surface area (Å²) >= 11 is 0. The number of likely N-dealkylation sites (N-methyl/N-ethyl adjacent to an activating group) is 1. The highest BCUT2D eigenvalue weighted by Crippen LogP contribution is 2.32. The first-order valence-corrected chi connectivity index (χ1v) is 9.33. The number of alkyl carbamates (subject to hydrolysis) is 1. The van der Waals surface area contributed by atoms with Gasteiger partial charge in [0.2, 0.25) is 5.91 Å². The van der Waals surface area contributed by atoms with Crippen LogP contribution in [-0.4, -0.2) is 81.9 Å². The van der Waals surface area contributed by atoms with Gasteiger partial charge in [-0.15, -0.1) is 0 Å². The predicted octanol–water partition coefficient (Wildman–Crippen LogP) is 0.560. The quantitative estimate of drug-likeness (QED) is 0.304. The van der Waals surface area contributed by atoms with E-state index in [1.54, 1.807) is 21.2 Å². The van der Waals surface area contributed by atoms with Crippen molar-refractivity contribution in [2.45, 2.75) is 45.3 Å². The lowest BCUT2D eigenvalue weighted by atomic mass is 10.2. The summed E-state index contributed by atoms with van der Waals surface area (Å²) < 4.78 is 10.4. The van der Waals surface area contributed by atoms with Crippen LogP contribution in [0.1, 0.15) is 33.6 Å². The normalized spacial score (nSPS) is 15.7. The van der Waals surface area contributed by atoms with E-state index in [0.717, 1.165) is 12.8 Å². The molecule has 0 heterocycles. The predicted molar refractivity (Wildman–Crippen MR) is 105 cm³/mol. The number of rotatable bonds is 9. The highest BCUT2D eigenvalue weighted by atomic mass is 16.6. The monoisotopic (exact) mass is 385 g/mol. The Morgan fingerprint density at radius 2 is 1.89 bits per heavy atom. The highest BCUT2D eigenvalue weighted by molar-refractivity contribution is 5.84. The second-order valence-electron chi connectivity index (χ2n) is 7.84. The van der Waals surface area contributed by atoms with E-state index in [1.807, 2.05) is 20.8 Å². The third kappa shape index (κ3) is 10.6. The first-order chi connectivity index (χ1) is 12.6. The minimum atomic E-state index is -0.535. The van der Waals surface area contributed by atoms with Gasteiger partial charge in [0.25, 0.3) is 0 Å². The molecule has 1 atom stereocenters. The number of nitrogens with one attached hydrogen (secondary N) is 3. The van der Waals surface area contributed by atoms with Gasteiger partial charge < -0.3 is 30.3 Å². The molecule has 0 aromatic rings. The van der Waals surface area contributed by atoms with Crippen LogP contribution in [0.3, 0.4) is 0 Å². The standard InChI is InChI=1S/C18H35N5O4/c1-18(2,3)27-17(25)22-14(13-7-8-13)11-20-16(19-9-10-26-6)21-12-15(24)23(4)5/h13-14H,7-12H2,1-6H3,(H,22,25)(H2,19,20,21). The molecule has 0 radical (unpaired) electrons. The lowest BCUT2D eigenvalue weighted by Crippen LogP contribution is -2.49. The van der Waals surface area contributed by atoms with Crippen molar-refractivity contribution in [1.29, 1.82) is 0 Å². The molecule has 0 spiro atoms. The molecule has 0 aromatic heterocycles. The Balaban J connectivity index is 2.61. The number of guanidine groups is 1. The minimum absolute atomic E-state index is 0.0445. The molecule has 156 valence electrons. The summed E-state index contributed by atoms with van der Waals surface area (Å²) in [5.74, 6) is 0.848. The maximum Gasteiger partial charge on any atom is 0.407 e. The van der Waals surface area contributed by atoms with Crippen LogP contribution in [0.25, 0.3) is 0 Å². The maximum absolute atomic E-state index is 12.1. The number of aliphatic imine (C=N–C) groups is 1. The SMILES string of the molecule is COCCNC(=NCC(=O)N(C)C)NCC(NC(=O)OC(C)(C)C)C1CC1. The molecule has 9 heteroatoms. The lowest BCUT2D eigenvalue weighted by Gasteiger charge is -2.24. The summed E-state index contributed by atoms with van der Waals surface area (Å²) in [5, 5.41) is 9.26. The zero-order valence-corrected chi connectivity index (χ0v) is 17.4. The van der Waals surface area contributed by atoms with Crippen molar-refractivity contribution >= 4 is 18.0 Å². The molecule has 27 heavy (non-hydrogen) atoms. The first-order valence-electron chi connectivity index (χ1n) is 9.33. The van der Waals surface area contributed by atoms with Crippen molar-refractivity contribution in [3.63, 3.8) is 0 Å². The van der Waals surface area contributed by atoms with Gasteiger partial charge in [-0.2, -0.15) is 0 Å². The third-order valence-corrected chi connectivity index (χ3v) is 3.85. The summed E-state index contributed by atoms with van der Waals surface area (Å²) in [7, 11) is 5.00. The fourth-order valence-corrected chi connectivity index (χ4v) is 2.23. The Kier molecular flexibility index (Phi) is 9.34. The van der Waals surface area contributed by atoms with Crippen molar-refractivity contribution in [2.75, 3.05) is 47.4 Å². The smallest absolute Gasteiger partial charge is 0.407 e. The average Bonchev–Trinajstić information content (AvgIpc) is 3.38. The third-order valence-electron chi connectivity index (χ3n) is 3.85. The van der Waals surface area contributed by atoms with Gasteiger partial charge in [0.15, 0.2) is 5.96 Å². The van der Waals surface area contributed by atoms with Crippen LogP contribution < -0.4 is 16.0 Å². The zero-order chi connectivity index (χ0) is 20.4. The average molecular weight is 386 g/mol. The number of carbonyl (C=O) groups excluding carboxylic acids is 2. The molecule has 2 amide bonds. The Morgan fingerprint density at radius 3 is 2.41 bits per heavy atom. The number of hydrogen-bond acceptors (Lipinski definition) is 5. The van der Waals surface area contributed by atoms with E-state index in [4.69, 9.17) is 9.47 Å². The number of nitrogens with zero attached hydrogens (tertiary/aromatic N) is 2. The Hall–Kier alpha value is -2.03. The van der Waals surface area contributed by atoms with Crippen molar-refractivity contribution in [1.82, 2.24) is 20.9 Å². The number of amides is 2. The molecular formula is C18H35N5O4. The molecule has 1 saturated carbocycles. The molecule has 1 aliphatic carbocycles. The van der Waals surface area contributed by atoms with Crippen molar-refractivity contribution < 1.29 is 19.1 Å². The lowest BCUT2D eigenvalue weighted by molar-refractivity contribution is -0.127. The van der Waals surface area contributed by atoms with Crippen LogP contribution in [0.4, 0.5) is 4.79 Å². The first kappa shape index (κ1) is 23.0. The van der Waals surface area contributed by atoms with Gasteiger partial charge in [-0.25, -0.2) is 9.79 Å². The van der Waals surface area contributed by atoms with Crippen LogP contribution in [-0.2, 0) is 14.3 Å². The van der Waals surface area contributed by atoms with E-state index in [9.17, 15) is 9.59 Å². The largest absolute Gasteiger partial charge is 0.444 e. The van der Waals surface area contributed by atoms with Gasteiger partial charge in [0.05, 0.1) is 12.6 Å². The van der Waals surface area contributed by atoms with E-state index in [2.05, 4.69) is 20.9 Å². The van der Waals surface area contributed by atoms with Gasteiger partial charge >= 0.3 is 6.09 Å². The van der Waals surface area contributed by atoms with Crippen LogP contribution in [0, 0.1) is 5.92 Å². The van der Waals surface area contributed by atoms with Gasteiger partial charge in [-0.3, -0.25) is 4.79 Å². The van der Waals surface area contributed by atoms with E-state index >= 15 is 0 Å². The summed E-state index contributed by atoms with van der Waals surface area (Å²) in [6.45, 7) is 7.13. The van der Waals surface area contributed by atoms with Crippen molar-refractivity contribution in [3.8, 4) is 0 Å². The van der Waals surface area contributed by atoms with Crippen LogP contribution in [0.15, 0.2) is 4.99 Å². The summed E-state index contributed by atoms with van der Waals surface area (Å²) in [4.78, 5) is 29.7. The molecule has 0 bridgehead atoms. The Morgan fingerprint density at radius 1 is 1.22 bits per heavy atom. The van der Waals surface area contributed by atoms with Crippen LogP contribution in [0.5, 0.6) is 0 Å². The molecule has 0 saturated heterocycles. The van der Waals surface area contributed by atoms with E-state index < -0.39 is 11.7 Å². The summed E-state index contributed by atoms with van der Waals surface area (Å²) in [6.07, 6.45) is 1.73. The molecule has 0 aliphatic heterocycles. The summed E-state index contributed by atoms with van der Waals surface area (Å²) in [5.41, 5.74) is -0.535. The van der Waals surface area contributed by atoms with Crippen LogP contribution >= 0.6 is 0 Å². The van der Waals surface area contributed by atoms with Crippen molar-refractivity contribution in [2.24, 2.45) is 10.9 Å². The second kappa shape index (κ2) is 11.0. The summed E-state index contributed by atoms with van der Waals surface area (Å²) in [6, 6.07) is -0.0566. The molecule has 9 nitrogen and oxygen atoms in total. The second-order valence-corrected chi connectivity index (χ2v) is 7.84. The molecule has 1 rings (SSSR count). The molecule has 0 aromatic carbocycles. The number of hydrogen-bond donors (Lipinski definition) is 3. The van der Waals surface area contributed by atoms with Crippen molar-refractivity contribution in [3.05, 3.63) is 0 Å². The number of ether oxygens (including phenoxy) is 2. The van der Waals surface area contributed by atoms with Gasteiger partial charge in [0.1, 0.15) is 12.1 Å². The maximum atomic E-state index is 12.1. The fraction of sp³-hybridized carbons (Fsp3) is 0.833. The topological polar surface area (TPSA) is 104 Å². The molecular weight excluding hydrogens is 350 g/mol. The highest BCUT2D eigenvalue weighted by Gasteiger charge is 2.33. The number of carbonyl (C=O) groups is 2. The molecule has 1 unspecified atom stereocenters. The van der Waals surface area contributed by atoms with Gasteiger partial charge in [0, 0.05) is 34.3 Å². The van der Waals surface area contributed by atoms with E-state index in [-0.39, 0.29) is 18.5 Å². The molecule has 1 fully saturated rings. The fourth-order valence-electron chi connectivity index (χ4n) is 2.23. The number of methoxy groups -OCH3 is 1. The van der Waals surface area contributed by atoms with Gasteiger partial charge in [-0.1, -0.05) is 0 Å². The Labute approximate surface area is 162 Å². The van der Waals surface area contributed by atoms with Crippen LogP contribution in [0.2, 0.25) is 0 Å². The van der Waals surface area contributed by atoms with Gasteiger partial charge in [-0.05, 0) is 39.5 Å². The minimum Gasteiger partial charge on any atom is -0.444 e. The molecule has 3 N–H and O–H groups in total. The Bertz CT molecular complexity index is 512. The van der Waals surface area contributed by atoms with E-state index in [0.29, 0.717) is 31.6 Å². The molecule has 1 aliphatic rings.